The minimum Gasteiger partial charge on any atom is -0.369 e. The molecule has 3 rings (SSSR count). The van der Waals surface area contributed by atoms with Crippen molar-refractivity contribution in [2.45, 2.75) is 18.8 Å². The Morgan fingerprint density at radius 1 is 1.06 bits per heavy atom. The zero-order chi connectivity index (χ0) is 12.2. The Morgan fingerprint density at radius 2 is 1.94 bits per heavy atom. The van der Waals surface area contributed by atoms with Gasteiger partial charge in [-0.1, -0.05) is 12.1 Å². The number of benzene rings is 1. The van der Waals surface area contributed by atoms with Crippen LogP contribution in [0.1, 0.15) is 24.3 Å². The van der Waals surface area contributed by atoms with E-state index < -0.39 is 0 Å². The van der Waals surface area contributed by atoms with Crippen molar-refractivity contribution in [3.63, 3.8) is 0 Å². The highest BCUT2D eigenvalue weighted by atomic mass is 15.2. The van der Waals surface area contributed by atoms with Crippen LogP contribution in [-0.4, -0.2) is 39.3 Å². The quantitative estimate of drug-likeness (QED) is 0.828. The van der Waals surface area contributed by atoms with Crippen LogP contribution in [0, 0.1) is 0 Å². The summed E-state index contributed by atoms with van der Waals surface area (Å²) in [6.45, 7) is 6.81. The van der Waals surface area contributed by atoms with Crippen molar-refractivity contribution >= 4 is 5.69 Å². The topological polar surface area (TPSA) is 27.3 Å². The van der Waals surface area contributed by atoms with Crippen LogP contribution in [0.15, 0.2) is 24.3 Å². The molecular formula is C15H23N3. The number of anilines is 1. The minimum atomic E-state index is 0.710. The predicted molar refractivity (Wildman–Crippen MR) is 76.4 cm³/mol. The van der Waals surface area contributed by atoms with E-state index in [-0.39, 0.29) is 0 Å². The van der Waals surface area contributed by atoms with Gasteiger partial charge in [-0.15, -0.1) is 0 Å². The Morgan fingerprint density at radius 3 is 2.72 bits per heavy atom. The average molecular weight is 245 g/mol. The first kappa shape index (κ1) is 12.0. The monoisotopic (exact) mass is 245 g/mol. The molecular weight excluding hydrogens is 222 g/mol. The van der Waals surface area contributed by atoms with E-state index in [0.717, 1.165) is 32.7 Å². The van der Waals surface area contributed by atoms with Crippen LogP contribution < -0.4 is 15.5 Å². The normalized spacial score (nSPS) is 25.1. The predicted octanol–water partition coefficient (Wildman–Crippen LogP) is 1.56. The molecule has 98 valence electrons. The second-order valence-corrected chi connectivity index (χ2v) is 5.38. The molecule has 1 unspecified atom stereocenters. The van der Waals surface area contributed by atoms with Gasteiger partial charge in [-0.2, -0.15) is 0 Å². The van der Waals surface area contributed by atoms with E-state index in [4.69, 9.17) is 0 Å². The van der Waals surface area contributed by atoms with Gasteiger partial charge in [0.25, 0.3) is 0 Å². The summed E-state index contributed by atoms with van der Waals surface area (Å²) in [5.41, 5.74) is 2.91. The maximum Gasteiger partial charge on any atom is 0.0369 e. The van der Waals surface area contributed by atoms with Crippen molar-refractivity contribution in [3.05, 3.63) is 29.8 Å². The summed E-state index contributed by atoms with van der Waals surface area (Å²) in [5, 5.41) is 6.92. The van der Waals surface area contributed by atoms with E-state index in [9.17, 15) is 0 Å². The van der Waals surface area contributed by atoms with Gasteiger partial charge in [-0.05, 0) is 43.0 Å². The lowest BCUT2D eigenvalue weighted by Gasteiger charge is -2.31. The molecule has 0 radical (unpaired) electrons. The Balaban J connectivity index is 1.75. The fraction of sp³-hybridized carbons (Fsp3) is 0.600. The van der Waals surface area contributed by atoms with Crippen molar-refractivity contribution < 1.29 is 0 Å². The van der Waals surface area contributed by atoms with Gasteiger partial charge >= 0.3 is 0 Å². The molecule has 0 aliphatic carbocycles. The lowest BCUT2D eigenvalue weighted by molar-refractivity contribution is 0.461. The summed E-state index contributed by atoms with van der Waals surface area (Å²) in [7, 11) is 0. The lowest BCUT2D eigenvalue weighted by Crippen LogP contribution is -2.43. The fourth-order valence-electron chi connectivity index (χ4n) is 3.03. The molecule has 2 aliphatic heterocycles. The number of piperidine rings is 1. The van der Waals surface area contributed by atoms with Crippen molar-refractivity contribution in [1.82, 2.24) is 10.6 Å². The molecule has 3 heteroatoms. The second kappa shape index (κ2) is 5.72. The molecule has 0 amide bonds. The van der Waals surface area contributed by atoms with Gasteiger partial charge in [-0.25, -0.2) is 0 Å². The molecule has 18 heavy (non-hydrogen) atoms. The van der Waals surface area contributed by atoms with Crippen LogP contribution in [-0.2, 0) is 0 Å². The van der Waals surface area contributed by atoms with Gasteiger partial charge in [0.2, 0.25) is 0 Å². The smallest absolute Gasteiger partial charge is 0.0369 e. The van der Waals surface area contributed by atoms with Crippen LogP contribution in [0.2, 0.25) is 0 Å². The van der Waals surface area contributed by atoms with Gasteiger partial charge in [-0.3, -0.25) is 0 Å². The number of nitrogens with zero attached hydrogens (tertiary/aromatic N) is 1. The molecule has 0 saturated carbocycles. The van der Waals surface area contributed by atoms with E-state index in [0.29, 0.717) is 5.92 Å². The van der Waals surface area contributed by atoms with Crippen LogP contribution >= 0.6 is 0 Å². The molecule has 2 heterocycles. The van der Waals surface area contributed by atoms with Crippen molar-refractivity contribution in [2.24, 2.45) is 0 Å². The summed E-state index contributed by atoms with van der Waals surface area (Å²) in [5.74, 6) is 0.710. The molecule has 1 atom stereocenters. The number of hydrogen-bond donors (Lipinski definition) is 2. The maximum atomic E-state index is 3.51. The lowest BCUT2D eigenvalue weighted by atomic mass is 9.91. The van der Waals surface area contributed by atoms with Gasteiger partial charge in [0.1, 0.15) is 0 Å². The van der Waals surface area contributed by atoms with Crippen LogP contribution in [0.3, 0.4) is 0 Å². The summed E-state index contributed by atoms with van der Waals surface area (Å²) in [4.78, 5) is 2.50. The first-order valence-electron chi connectivity index (χ1n) is 7.20. The van der Waals surface area contributed by atoms with Crippen LogP contribution in [0.4, 0.5) is 5.69 Å². The van der Waals surface area contributed by atoms with E-state index in [2.05, 4.69) is 39.8 Å². The van der Waals surface area contributed by atoms with Crippen LogP contribution in [0.25, 0.3) is 0 Å². The Kier molecular flexibility index (Phi) is 3.81. The number of piperazine rings is 1. The van der Waals surface area contributed by atoms with E-state index in [1.165, 1.54) is 30.6 Å². The first-order chi connectivity index (χ1) is 8.93. The Hall–Kier alpha value is -1.06. The van der Waals surface area contributed by atoms with Crippen molar-refractivity contribution in [2.75, 3.05) is 44.2 Å². The highest BCUT2D eigenvalue weighted by molar-refractivity contribution is 5.50. The van der Waals surface area contributed by atoms with E-state index >= 15 is 0 Å². The van der Waals surface area contributed by atoms with E-state index in [1.54, 1.807) is 0 Å². The van der Waals surface area contributed by atoms with Crippen molar-refractivity contribution in [3.8, 4) is 0 Å². The fourth-order valence-corrected chi connectivity index (χ4v) is 3.03. The summed E-state index contributed by atoms with van der Waals surface area (Å²) < 4.78 is 0. The summed E-state index contributed by atoms with van der Waals surface area (Å²) in [6, 6.07) is 9.18. The highest BCUT2D eigenvalue weighted by Gasteiger charge is 2.17. The third kappa shape index (κ3) is 2.68. The highest BCUT2D eigenvalue weighted by Crippen LogP contribution is 2.26. The van der Waals surface area contributed by atoms with Crippen molar-refractivity contribution in [1.29, 1.82) is 0 Å². The summed E-state index contributed by atoms with van der Waals surface area (Å²) >= 11 is 0. The molecule has 0 bridgehead atoms. The Bertz CT molecular complexity index is 346. The third-order valence-corrected chi connectivity index (χ3v) is 4.12. The van der Waals surface area contributed by atoms with Crippen LogP contribution in [0.5, 0.6) is 0 Å². The molecule has 2 N–H and O–H groups in total. The second-order valence-electron chi connectivity index (χ2n) is 5.38. The van der Waals surface area contributed by atoms with Gasteiger partial charge in [0.05, 0.1) is 0 Å². The number of nitrogens with one attached hydrogen (secondary N) is 2. The van der Waals surface area contributed by atoms with Gasteiger partial charge in [0.15, 0.2) is 0 Å². The molecule has 2 aliphatic rings. The maximum absolute atomic E-state index is 3.51. The number of rotatable bonds is 2. The molecule has 1 aromatic carbocycles. The molecule has 3 nitrogen and oxygen atoms in total. The molecule has 0 aromatic heterocycles. The minimum absolute atomic E-state index is 0.710. The zero-order valence-electron chi connectivity index (χ0n) is 11.0. The Labute approximate surface area is 110 Å². The third-order valence-electron chi connectivity index (χ3n) is 4.12. The molecule has 2 fully saturated rings. The standard InChI is InChI=1S/C15H23N3/c1-3-13(14-4-2-6-17-12-14)11-15(5-1)18-9-7-16-8-10-18/h1,3,5,11,14,16-17H,2,4,6-10,12H2. The van der Waals surface area contributed by atoms with E-state index in [1.807, 2.05) is 0 Å². The molecule has 1 aromatic rings. The van der Waals surface area contributed by atoms with Gasteiger partial charge in [0, 0.05) is 38.4 Å². The summed E-state index contributed by atoms with van der Waals surface area (Å²) in [6.07, 6.45) is 2.64. The zero-order valence-corrected chi connectivity index (χ0v) is 11.0. The molecule has 0 spiro atoms. The number of hydrogen-bond acceptors (Lipinski definition) is 3. The van der Waals surface area contributed by atoms with Gasteiger partial charge < -0.3 is 15.5 Å². The first-order valence-corrected chi connectivity index (χ1v) is 7.20. The molecule has 2 saturated heterocycles. The average Bonchev–Trinajstić information content (AvgIpc) is 2.49. The largest absolute Gasteiger partial charge is 0.369 e. The SMILES string of the molecule is c1cc(C2CCCNC2)cc(N2CCNCC2)c1.